The van der Waals surface area contributed by atoms with Crippen molar-refractivity contribution in [2.24, 2.45) is 0 Å². The first-order valence-electron chi connectivity index (χ1n) is 6.59. The van der Waals surface area contributed by atoms with E-state index in [0.29, 0.717) is 5.82 Å². The molecule has 0 unspecified atom stereocenters. The summed E-state index contributed by atoms with van der Waals surface area (Å²) in [5.41, 5.74) is 1.87. The van der Waals surface area contributed by atoms with Gasteiger partial charge in [0, 0.05) is 5.56 Å². The second-order valence-corrected chi connectivity index (χ2v) is 9.17. The SMILES string of the molecule is Cc1ccccc1-c1noc(CNS(=O)(=O)c2ccc(Br)s2)n1. The predicted molar refractivity (Wildman–Crippen MR) is 90.5 cm³/mol. The molecule has 0 amide bonds. The van der Waals surface area contributed by atoms with Crippen molar-refractivity contribution >= 4 is 37.3 Å². The van der Waals surface area contributed by atoms with Crippen molar-refractivity contribution in [3.8, 4) is 11.4 Å². The molecule has 0 aliphatic rings. The molecule has 0 saturated carbocycles. The van der Waals surface area contributed by atoms with Crippen LogP contribution in [0.25, 0.3) is 11.4 Å². The van der Waals surface area contributed by atoms with Crippen LogP contribution < -0.4 is 4.72 Å². The molecule has 0 saturated heterocycles. The van der Waals surface area contributed by atoms with Crippen molar-refractivity contribution in [3.05, 3.63) is 51.6 Å². The molecule has 0 aliphatic heterocycles. The molecule has 1 N–H and O–H groups in total. The number of nitrogens with zero attached hydrogens (tertiary/aromatic N) is 2. The zero-order valence-corrected chi connectivity index (χ0v) is 15.2. The number of halogens is 1. The fraction of sp³-hybridized carbons (Fsp3) is 0.143. The van der Waals surface area contributed by atoms with Crippen molar-refractivity contribution in [1.29, 1.82) is 0 Å². The topological polar surface area (TPSA) is 85.1 Å². The summed E-state index contributed by atoms with van der Waals surface area (Å²) in [7, 11) is -3.59. The summed E-state index contributed by atoms with van der Waals surface area (Å²) in [5, 5.41) is 3.90. The summed E-state index contributed by atoms with van der Waals surface area (Å²) >= 11 is 4.38. The van der Waals surface area contributed by atoms with Crippen LogP contribution in [0, 0.1) is 6.92 Å². The number of aromatic nitrogens is 2. The summed E-state index contributed by atoms with van der Waals surface area (Å²) in [5.74, 6) is 0.651. The lowest BCUT2D eigenvalue weighted by Crippen LogP contribution is -2.22. The van der Waals surface area contributed by atoms with Crippen LogP contribution in [0.15, 0.2) is 48.9 Å². The highest BCUT2D eigenvalue weighted by atomic mass is 79.9. The van der Waals surface area contributed by atoms with Crippen molar-refractivity contribution in [2.45, 2.75) is 17.7 Å². The first-order chi connectivity index (χ1) is 11.0. The van der Waals surface area contributed by atoms with E-state index in [0.717, 1.165) is 26.3 Å². The standard InChI is InChI=1S/C14H12BrN3O3S2/c1-9-4-2-3-5-10(9)14-17-12(21-18-14)8-16-23(19,20)13-7-6-11(15)22-13/h2-7,16H,8H2,1H3. The van der Waals surface area contributed by atoms with Crippen LogP contribution in [0.3, 0.4) is 0 Å². The van der Waals surface area contributed by atoms with Gasteiger partial charge in [-0.05, 0) is 40.5 Å². The van der Waals surface area contributed by atoms with Gasteiger partial charge in [-0.25, -0.2) is 13.1 Å². The van der Waals surface area contributed by atoms with Crippen LogP contribution in [0.1, 0.15) is 11.5 Å². The molecule has 23 heavy (non-hydrogen) atoms. The number of nitrogens with one attached hydrogen (secondary N) is 1. The Morgan fingerprint density at radius 3 is 2.74 bits per heavy atom. The highest BCUT2D eigenvalue weighted by Crippen LogP contribution is 2.26. The van der Waals surface area contributed by atoms with Crippen LogP contribution in [0.5, 0.6) is 0 Å². The van der Waals surface area contributed by atoms with E-state index in [9.17, 15) is 8.42 Å². The molecule has 3 aromatic rings. The molecular formula is C14H12BrN3O3S2. The Morgan fingerprint density at radius 1 is 1.26 bits per heavy atom. The number of benzene rings is 1. The molecule has 9 heteroatoms. The Balaban J connectivity index is 1.74. The lowest BCUT2D eigenvalue weighted by Gasteiger charge is -2.01. The third-order valence-electron chi connectivity index (χ3n) is 3.08. The summed E-state index contributed by atoms with van der Waals surface area (Å²) in [6, 6.07) is 10.9. The molecule has 1 aromatic carbocycles. The van der Waals surface area contributed by atoms with Gasteiger partial charge >= 0.3 is 0 Å². The van der Waals surface area contributed by atoms with E-state index in [-0.39, 0.29) is 16.6 Å². The zero-order valence-electron chi connectivity index (χ0n) is 12.0. The maximum absolute atomic E-state index is 12.1. The number of hydrogen-bond acceptors (Lipinski definition) is 6. The smallest absolute Gasteiger partial charge is 0.250 e. The van der Waals surface area contributed by atoms with Gasteiger partial charge in [-0.2, -0.15) is 4.98 Å². The number of sulfonamides is 1. The monoisotopic (exact) mass is 413 g/mol. The van der Waals surface area contributed by atoms with Gasteiger partial charge in [0.05, 0.1) is 10.3 Å². The second-order valence-electron chi connectivity index (χ2n) is 4.71. The van der Waals surface area contributed by atoms with Crippen molar-refractivity contribution in [3.63, 3.8) is 0 Å². The molecule has 0 bridgehead atoms. The molecule has 2 aromatic heterocycles. The van der Waals surface area contributed by atoms with Gasteiger partial charge < -0.3 is 4.52 Å². The first-order valence-corrected chi connectivity index (χ1v) is 9.68. The fourth-order valence-corrected chi connectivity index (χ4v) is 4.96. The largest absolute Gasteiger partial charge is 0.338 e. The highest BCUT2D eigenvalue weighted by Gasteiger charge is 2.18. The summed E-state index contributed by atoms with van der Waals surface area (Å²) < 4.78 is 32.8. The minimum Gasteiger partial charge on any atom is -0.338 e. The predicted octanol–water partition coefficient (Wildman–Crippen LogP) is 3.35. The van der Waals surface area contributed by atoms with Gasteiger partial charge in [-0.3, -0.25) is 0 Å². The van der Waals surface area contributed by atoms with Gasteiger partial charge in [0.2, 0.25) is 11.7 Å². The maximum Gasteiger partial charge on any atom is 0.250 e. The zero-order chi connectivity index (χ0) is 16.4. The molecular weight excluding hydrogens is 402 g/mol. The van der Waals surface area contributed by atoms with Gasteiger partial charge in [0.25, 0.3) is 10.0 Å². The van der Waals surface area contributed by atoms with E-state index in [1.165, 1.54) is 6.07 Å². The van der Waals surface area contributed by atoms with Crippen LogP contribution in [-0.2, 0) is 16.6 Å². The molecule has 0 spiro atoms. The number of hydrogen-bond donors (Lipinski definition) is 1. The number of aryl methyl sites for hydroxylation is 1. The van der Waals surface area contributed by atoms with E-state index < -0.39 is 10.0 Å². The Morgan fingerprint density at radius 2 is 2.04 bits per heavy atom. The van der Waals surface area contributed by atoms with E-state index in [1.54, 1.807) is 6.07 Å². The third kappa shape index (κ3) is 3.69. The Kier molecular flexibility index (Phi) is 4.62. The van der Waals surface area contributed by atoms with Gasteiger partial charge in [-0.15, -0.1) is 11.3 Å². The minimum atomic E-state index is -3.59. The third-order valence-corrected chi connectivity index (χ3v) is 6.60. The number of rotatable bonds is 5. The van der Waals surface area contributed by atoms with Crippen molar-refractivity contribution in [1.82, 2.24) is 14.9 Å². The van der Waals surface area contributed by atoms with Crippen LogP contribution >= 0.6 is 27.3 Å². The summed E-state index contributed by atoms with van der Waals surface area (Å²) in [4.78, 5) is 4.23. The van der Waals surface area contributed by atoms with Crippen molar-refractivity contribution in [2.75, 3.05) is 0 Å². The van der Waals surface area contributed by atoms with Gasteiger partial charge in [0.1, 0.15) is 4.21 Å². The van der Waals surface area contributed by atoms with Crippen LogP contribution in [-0.4, -0.2) is 18.6 Å². The van der Waals surface area contributed by atoms with Gasteiger partial charge in [0.15, 0.2) is 0 Å². The molecule has 3 rings (SSSR count). The highest BCUT2D eigenvalue weighted by molar-refractivity contribution is 9.11. The van der Waals surface area contributed by atoms with Crippen LogP contribution in [0.2, 0.25) is 0 Å². The molecule has 2 heterocycles. The summed E-state index contributed by atoms with van der Waals surface area (Å²) in [6.07, 6.45) is 0. The average Bonchev–Trinajstić information content (AvgIpc) is 3.15. The molecule has 0 fully saturated rings. The normalized spacial score (nSPS) is 11.7. The quantitative estimate of drug-likeness (QED) is 0.692. The molecule has 6 nitrogen and oxygen atoms in total. The fourth-order valence-electron chi connectivity index (χ4n) is 1.93. The average molecular weight is 414 g/mol. The molecule has 0 aliphatic carbocycles. The second kappa shape index (κ2) is 6.52. The first kappa shape index (κ1) is 16.3. The number of thiophene rings is 1. The lowest BCUT2D eigenvalue weighted by molar-refractivity contribution is 0.376. The van der Waals surface area contributed by atoms with Gasteiger partial charge in [-0.1, -0.05) is 29.4 Å². The van der Waals surface area contributed by atoms with Crippen LogP contribution in [0.4, 0.5) is 0 Å². The lowest BCUT2D eigenvalue weighted by atomic mass is 10.1. The van der Waals surface area contributed by atoms with E-state index in [1.807, 2.05) is 31.2 Å². The Hall–Kier alpha value is -1.55. The summed E-state index contributed by atoms with van der Waals surface area (Å²) in [6.45, 7) is 1.89. The Bertz CT molecular complexity index is 934. The van der Waals surface area contributed by atoms with E-state index >= 15 is 0 Å². The Labute approximate surface area is 145 Å². The van der Waals surface area contributed by atoms with E-state index in [2.05, 4.69) is 30.8 Å². The minimum absolute atomic E-state index is 0.0588. The molecule has 0 atom stereocenters. The van der Waals surface area contributed by atoms with Crippen molar-refractivity contribution < 1.29 is 12.9 Å². The van der Waals surface area contributed by atoms with E-state index in [4.69, 9.17) is 4.52 Å². The maximum atomic E-state index is 12.1. The molecule has 120 valence electrons. The molecule has 0 radical (unpaired) electrons.